The molecule has 0 radical (unpaired) electrons. The minimum absolute atomic E-state index is 0.0609. The maximum Gasteiger partial charge on any atom is 0.139 e. The molecule has 0 heterocycles. The summed E-state index contributed by atoms with van der Waals surface area (Å²) >= 11 is 0. The van der Waals surface area contributed by atoms with Crippen molar-refractivity contribution in [2.45, 2.75) is 32.1 Å². The highest BCUT2D eigenvalue weighted by molar-refractivity contribution is 5.80. The Kier molecular flexibility index (Phi) is 17.9. The van der Waals surface area contributed by atoms with Gasteiger partial charge in [0.05, 0.1) is 40.2 Å². The van der Waals surface area contributed by atoms with E-state index in [1.807, 2.05) is 0 Å². The molecule has 5 nitrogen and oxygen atoms in total. The van der Waals surface area contributed by atoms with Crippen LogP contribution in [0.3, 0.4) is 0 Å². The van der Waals surface area contributed by atoms with Crippen LogP contribution in [-0.4, -0.2) is 59.1 Å². The molecule has 0 fully saturated rings. The lowest BCUT2D eigenvalue weighted by atomic mass is 10.1. The van der Waals surface area contributed by atoms with Crippen molar-refractivity contribution in [2.75, 3.05) is 53.4 Å². The third-order valence-corrected chi connectivity index (χ3v) is 3.66. The van der Waals surface area contributed by atoms with E-state index in [0.29, 0.717) is 33.6 Å². The molecule has 1 aromatic carbocycles. The fraction of sp³-hybridized carbons (Fsp3) is 0.650. The third kappa shape index (κ3) is 14.6. The second kappa shape index (κ2) is 18.9. The monoisotopic (exact) mass is 407 g/mol. The Morgan fingerprint density at radius 3 is 2.11 bits per heavy atom. The van der Waals surface area contributed by atoms with Gasteiger partial charge in [0.15, 0.2) is 0 Å². The Balaban J connectivity index is 0.00000352. The molecule has 0 aliphatic rings. The predicted octanol–water partition coefficient (Wildman–Crippen LogP) is 3.23. The number of unbranched alkanes of at least 4 members (excludes halogenated alkanes) is 2. The number of alkyl halides is 1. The van der Waals surface area contributed by atoms with Crippen LogP contribution in [-0.2, 0) is 25.4 Å². The molecule has 1 aromatic rings. The van der Waals surface area contributed by atoms with Crippen LogP contribution in [0.4, 0.5) is 13.2 Å². The molecule has 2 N–H and O–H groups in total. The summed E-state index contributed by atoms with van der Waals surface area (Å²) in [5.41, 5.74) is 5.60. The summed E-state index contributed by atoms with van der Waals surface area (Å²) in [6.07, 6.45) is 3.24. The largest absolute Gasteiger partial charge is 0.379 e. The van der Waals surface area contributed by atoms with Crippen LogP contribution in [0.5, 0.6) is 0 Å². The molecule has 0 spiro atoms. The van der Waals surface area contributed by atoms with Crippen molar-refractivity contribution in [2.24, 2.45) is 5.73 Å². The van der Waals surface area contributed by atoms with Crippen LogP contribution >= 0.6 is 0 Å². The van der Waals surface area contributed by atoms with E-state index in [1.54, 1.807) is 0 Å². The van der Waals surface area contributed by atoms with Gasteiger partial charge in [-0.2, -0.15) is 0 Å². The van der Waals surface area contributed by atoms with E-state index >= 15 is 0 Å². The van der Waals surface area contributed by atoms with Crippen LogP contribution in [0.1, 0.15) is 31.2 Å². The van der Waals surface area contributed by atoms with Crippen molar-refractivity contribution >= 4 is 5.78 Å². The van der Waals surface area contributed by atoms with Crippen molar-refractivity contribution in [1.82, 2.24) is 0 Å². The molecular weight excluding hydrogens is 375 g/mol. The summed E-state index contributed by atoms with van der Waals surface area (Å²) in [6.45, 7) is 3.55. The number of rotatable bonds is 16. The topological polar surface area (TPSA) is 70.8 Å². The number of hydrogen-bond donors (Lipinski definition) is 1. The molecule has 0 amide bonds. The highest BCUT2D eigenvalue weighted by Crippen LogP contribution is 2.11. The summed E-state index contributed by atoms with van der Waals surface area (Å²) in [4.78, 5) is 11.8. The number of ketones is 1. The fourth-order valence-corrected chi connectivity index (χ4v) is 2.22. The average Bonchev–Trinajstić information content (AvgIpc) is 2.69. The summed E-state index contributed by atoms with van der Waals surface area (Å²) in [5.74, 6) is -1.51. The molecule has 0 unspecified atom stereocenters. The van der Waals surface area contributed by atoms with Gasteiger partial charge in [-0.3, -0.25) is 9.18 Å². The maximum atomic E-state index is 13.4. The molecule has 0 atom stereocenters. The zero-order valence-corrected chi connectivity index (χ0v) is 16.6. The Hall–Kier alpha value is -1.48. The summed E-state index contributed by atoms with van der Waals surface area (Å²) in [6, 6.07) is 3.21. The SMILES string of the molecule is CF.NCCCCCOCCOCCOCCC(=O)Cc1ccc(F)cc1F. The summed E-state index contributed by atoms with van der Waals surface area (Å²) in [5, 5.41) is 0. The van der Waals surface area contributed by atoms with Gasteiger partial charge in [0, 0.05) is 25.5 Å². The lowest BCUT2D eigenvalue weighted by Crippen LogP contribution is -2.12. The van der Waals surface area contributed by atoms with Crippen molar-refractivity contribution in [1.29, 1.82) is 0 Å². The summed E-state index contributed by atoms with van der Waals surface area (Å²) < 4.78 is 51.8. The molecule has 162 valence electrons. The lowest BCUT2D eigenvalue weighted by Gasteiger charge is -2.07. The van der Waals surface area contributed by atoms with Crippen molar-refractivity contribution < 1.29 is 32.2 Å². The van der Waals surface area contributed by atoms with Gasteiger partial charge < -0.3 is 19.9 Å². The van der Waals surface area contributed by atoms with E-state index in [2.05, 4.69) is 0 Å². The first-order valence-corrected chi connectivity index (χ1v) is 9.40. The first kappa shape index (κ1) is 26.5. The van der Waals surface area contributed by atoms with Crippen LogP contribution in [0, 0.1) is 11.6 Å². The minimum atomic E-state index is -0.700. The number of carbonyl (C=O) groups excluding carboxylic acids is 1. The van der Waals surface area contributed by atoms with Crippen molar-refractivity contribution in [3.05, 3.63) is 35.4 Å². The van der Waals surface area contributed by atoms with Gasteiger partial charge in [-0.15, -0.1) is 0 Å². The molecular formula is C20H32F3NO4. The molecule has 0 aromatic heterocycles. The van der Waals surface area contributed by atoms with E-state index in [1.165, 1.54) is 6.07 Å². The Bertz CT molecular complexity index is 518. The number of hydrogen-bond acceptors (Lipinski definition) is 5. The second-order valence-electron chi connectivity index (χ2n) is 5.89. The van der Waals surface area contributed by atoms with Crippen LogP contribution in [0.15, 0.2) is 18.2 Å². The fourth-order valence-electron chi connectivity index (χ4n) is 2.22. The molecule has 0 bridgehead atoms. The van der Waals surface area contributed by atoms with E-state index in [4.69, 9.17) is 19.9 Å². The number of benzene rings is 1. The molecule has 0 saturated heterocycles. The van der Waals surface area contributed by atoms with Gasteiger partial charge in [-0.1, -0.05) is 6.07 Å². The number of ether oxygens (including phenoxy) is 3. The normalized spacial score (nSPS) is 10.5. The van der Waals surface area contributed by atoms with E-state index < -0.39 is 11.6 Å². The molecule has 28 heavy (non-hydrogen) atoms. The first-order chi connectivity index (χ1) is 13.6. The molecule has 0 aliphatic carbocycles. The number of halogens is 3. The summed E-state index contributed by atoms with van der Waals surface area (Å²) in [7, 11) is 0.500. The minimum Gasteiger partial charge on any atom is -0.379 e. The zero-order chi connectivity index (χ0) is 21.0. The Morgan fingerprint density at radius 1 is 0.893 bits per heavy atom. The second-order valence-corrected chi connectivity index (χ2v) is 5.89. The third-order valence-electron chi connectivity index (χ3n) is 3.66. The van der Waals surface area contributed by atoms with Gasteiger partial charge >= 0.3 is 0 Å². The van der Waals surface area contributed by atoms with Crippen LogP contribution in [0.25, 0.3) is 0 Å². The Labute approximate surface area is 165 Å². The van der Waals surface area contributed by atoms with Crippen molar-refractivity contribution in [3.8, 4) is 0 Å². The predicted molar refractivity (Wildman–Crippen MR) is 102 cm³/mol. The van der Waals surface area contributed by atoms with Crippen LogP contribution < -0.4 is 5.73 Å². The number of carbonyl (C=O) groups is 1. The highest BCUT2D eigenvalue weighted by Gasteiger charge is 2.09. The van der Waals surface area contributed by atoms with Gasteiger partial charge in [0.25, 0.3) is 0 Å². The molecule has 1 rings (SSSR count). The first-order valence-electron chi connectivity index (χ1n) is 9.40. The Morgan fingerprint density at radius 2 is 1.50 bits per heavy atom. The standard InChI is InChI=1S/C19H29F2NO4.CH3F/c20-17-5-4-16(19(21)15-17)14-18(23)6-9-25-11-13-26-12-10-24-8-3-1-2-7-22;1-2/h4-5,15H,1-3,6-14,22H2;1H3. The van der Waals surface area contributed by atoms with Crippen molar-refractivity contribution in [3.63, 3.8) is 0 Å². The number of nitrogens with two attached hydrogens (primary N) is 1. The van der Waals surface area contributed by atoms with E-state index in [-0.39, 0.29) is 30.8 Å². The number of Topliss-reactive ketones (excluding diaryl/α,β-unsaturated/α-hetero) is 1. The quantitative estimate of drug-likeness (QED) is 0.426. The molecule has 0 aliphatic heterocycles. The maximum absolute atomic E-state index is 13.4. The van der Waals surface area contributed by atoms with Gasteiger partial charge in [0.1, 0.15) is 17.4 Å². The lowest BCUT2D eigenvalue weighted by molar-refractivity contribution is -0.119. The highest BCUT2D eigenvalue weighted by atomic mass is 19.1. The van der Waals surface area contributed by atoms with Gasteiger partial charge in [0.2, 0.25) is 0 Å². The van der Waals surface area contributed by atoms with E-state index in [0.717, 1.165) is 44.5 Å². The van der Waals surface area contributed by atoms with E-state index in [9.17, 15) is 18.0 Å². The van der Waals surface area contributed by atoms with Gasteiger partial charge in [-0.25, -0.2) is 8.78 Å². The molecule has 8 heteroatoms. The smallest absolute Gasteiger partial charge is 0.139 e. The molecule has 0 saturated carbocycles. The van der Waals surface area contributed by atoms with Gasteiger partial charge in [-0.05, 0) is 37.4 Å². The van der Waals surface area contributed by atoms with Crippen LogP contribution in [0.2, 0.25) is 0 Å². The zero-order valence-electron chi connectivity index (χ0n) is 16.6. The average molecular weight is 407 g/mol.